The number of ether oxygens (including phenoxy) is 1. The molecular weight excluding hydrogens is 408 g/mol. The smallest absolute Gasteiger partial charge is 0.312 e. The number of esters is 1. The minimum atomic E-state index is -1.57. The van der Waals surface area contributed by atoms with Crippen molar-refractivity contribution in [2.24, 2.45) is 11.3 Å². The van der Waals surface area contributed by atoms with Gasteiger partial charge in [0, 0.05) is 46.8 Å². The van der Waals surface area contributed by atoms with Gasteiger partial charge in [0.2, 0.25) is 0 Å². The van der Waals surface area contributed by atoms with Gasteiger partial charge in [-0.05, 0) is 39.7 Å². The third-order valence-corrected chi connectivity index (χ3v) is 5.91. The Labute approximate surface area is 188 Å². The molecule has 2 atom stereocenters. The molecule has 4 radical (unpaired) electrons. The molecule has 164 valence electrons. The molecule has 3 aromatic heterocycles. The Morgan fingerprint density at radius 1 is 1.25 bits per heavy atom. The molecule has 0 spiro atoms. The zero-order valence-corrected chi connectivity index (χ0v) is 18.4. The summed E-state index contributed by atoms with van der Waals surface area (Å²) < 4.78 is 8.71. The first-order valence-electron chi connectivity index (χ1n) is 10.4. The van der Waals surface area contributed by atoms with Gasteiger partial charge in [-0.3, -0.25) is 14.0 Å². The second kappa shape index (κ2) is 7.74. The van der Waals surface area contributed by atoms with Crippen LogP contribution >= 0.6 is 0 Å². The van der Waals surface area contributed by atoms with Gasteiger partial charge >= 0.3 is 5.97 Å². The highest BCUT2D eigenvalue weighted by Gasteiger charge is 2.49. The third-order valence-electron chi connectivity index (χ3n) is 5.91. The van der Waals surface area contributed by atoms with Crippen molar-refractivity contribution in [2.75, 3.05) is 0 Å². The van der Waals surface area contributed by atoms with Gasteiger partial charge in [-0.2, -0.15) is 5.10 Å². The summed E-state index contributed by atoms with van der Waals surface area (Å²) >= 11 is 0. The lowest BCUT2D eigenvalue weighted by atomic mass is 9.65. The molecular formula is C21H25B2N5O4. The summed E-state index contributed by atoms with van der Waals surface area (Å²) in [6.45, 7) is 5.58. The van der Waals surface area contributed by atoms with Gasteiger partial charge in [0.05, 0.1) is 17.3 Å². The number of rotatable bonds is 5. The zero-order chi connectivity index (χ0) is 23.3. The predicted molar refractivity (Wildman–Crippen MR) is 118 cm³/mol. The summed E-state index contributed by atoms with van der Waals surface area (Å²) in [6.07, 6.45) is 7.02. The van der Waals surface area contributed by atoms with E-state index in [-0.39, 0.29) is 32.1 Å². The van der Waals surface area contributed by atoms with Gasteiger partial charge in [-0.15, -0.1) is 0 Å². The highest BCUT2D eigenvalue weighted by molar-refractivity contribution is 6.19. The second-order valence-corrected chi connectivity index (χ2v) is 9.54. The van der Waals surface area contributed by atoms with Crippen LogP contribution in [0.15, 0.2) is 31.0 Å². The molecule has 0 saturated heterocycles. The molecule has 9 nitrogen and oxygen atoms in total. The molecule has 2 unspecified atom stereocenters. The topological polar surface area (TPSA) is 115 Å². The van der Waals surface area contributed by atoms with E-state index in [0.717, 1.165) is 10.9 Å². The summed E-state index contributed by atoms with van der Waals surface area (Å²) in [7, 11) is 11.9. The molecule has 4 rings (SSSR count). The molecule has 1 aliphatic carbocycles. The number of aliphatic hydroxyl groups is 2. The summed E-state index contributed by atoms with van der Waals surface area (Å²) in [5.41, 5.74) is -1.74. The molecule has 1 fully saturated rings. The number of aromatic nitrogens is 5. The average Bonchev–Trinajstić information content (AvgIpc) is 3.39. The van der Waals surface area contributed by atoms with Crippen molar-refractivity contribution in [1.29, 1.82) is 0 Å². The standard InChI is InChI=1S/C21H25B2N5O4/c1-19(2,3)18(29)32-12-27-7-4-14-16(24-11-25-17(14)27)13-8-26-28(9-13)10-15-20(22,30)5-6-21(15,23)31/h4,7-9,11,15,30-31H,5-6,10,12H2,1-3H3. The monoisotopic (exact) mass is 433 g/mol. The molecule has 0 aliphatic heterocycles. The van der Waals surface area contributed by atoms with Crippen molar-refractivity contribution in [1.82, 2.24) is 24.3 Å². The molecule has 3 heterocycles. The Morgan fingerprint density at radius 3 is 2.59 bits per heavy atom. The number of carbonyl (C=O) groups excluding carboxylic acids is 1. The van der Waals surface area contributed by atoms with Crippen LogP contribution in [0, 0.1) is 11.3 Å². The van der Waals surface area contributed by atoms with Gasteiger partial charge in [0.1, 0.15) is 27.7 Å². The number of hydrogen-bond donors (Lipinski definition) is 2. The van der Waals surface area contributed by atoms with Crippen LogP contribution in [0.25, 0.3) is 22.3 Å². The second-order valence-electron chi connectivity index (χ2n) is 9.54. The highest BCUT2D eigenvalue weighted by atomic mass is 16.5. The first-order valence-corrected chi connectivity index (χ1v) is 10.4. The molecule has 0 aromatic carbocycles. The van der Waals surface area contributed by atoms with Crippen LogP contribution in [0.1, 0.15) is 33.6 Å². The minimum Gasteiger partial charge on any atom is -0.443 e. The van der Waals surface area contributed by atoms with Gasteiger partial charge in [-0.25, -0.2) is 9.97 Å². The van der Waals surface area contributed by atoms with Crippen molar-refractivity contribution in [2.45, 2.75) is 57.9 Å². The predicted octanol–water partition coefficient (Wildman–Crippen LogP) is 0.966. The maximum Gasteiger partial charge on any atom is 0.312 e. The van der Waals surface area contributed by atoms with Crippen LogP contribution in [0.3, 0.4) is 0 Å². The third kappa shape index (κ3) is 4.19. The van der Waals surface area contributed by atoms with Crippen molar-refractivity contribution in [3.8, 4) is 11.3 Å². The van der Waals surface area contributed by atoms with Crippen LogP contribution in [0.2, 0.25) is 0 Å². The van der Waals surface area contributed by atoms with E-state index in [9.17, 15) is 15.0 Å². The Morgan fingerprint density at radius 2 is 1.94 bits per heavy atom. The van der Waals surface area contributed by atoms with E-state index in [0.29, 0.717) is 11.3 Å². The molecule has 11 heteroatoms. The van der Waals surface area contributed by atoms with E-state index in [4.69, 9.17) is 20.4 Å². The Balaban J connectivity index is 1.57. The summed E-state index contributed by atoms with van der Waals surface area (Å²) in [5.74, 6) is -1.08. The maximum atomic E-state index is 12.1. The summed E-state index contributed by atoms with van der Waals surface area (Å²) in [4.78, 5) is 20.8. The first kappa shape index (κ1) is 22.5. The van der Waals surface area contributed by atoms with Crippen molar-refractivity contribution < 1.29 is 19.7 Å². The average molecular weight is 433 g/mol. The van der Waals surface area contributed by atoms with Crippen molar-refractivity contribution >= 4 is 32.7 Å². The Kier molecular flexibility index (Phi) is 5.45. The van der Waals surface area contributed by atoms with E-state index in [2.05, 4.69) is 15.1 Å². The Bertz CT molecular complexity index is 1130. The fourth-order valence-corrected chi connectivity index (χ4v) is 3.95. The van der Waals surface area contributed by atoms with Crippen LogP contribution in [-0.4, -0.2) is 67.2 Å². The lowest BCUT2D eigenvalue weighted by Gasteiger charge is -2.33. The largest absolute Gasteiger partial charge is 0.443 e. The van der Waals surface area contributed by atoms with Gasteiger partial charge < -0.3 is 14.9 Å². The fraction of sp³-hybridized carbons (Fsp3) is 0.524. The van der Waals surface area contributed by atoms with Crippen LogP contribution < -0.4 is 0 Å². The molecule has 32 heavy (non-hydrogen) atoms. The molecule has 2 N–H and O–H groups in total. The molecule has 1 saturated carbocycles. The van der Waals surface area contributed by atoms with E-state index in [1.807, 2.05) is 6.07 Å². The minimum absolute atomic E-state index is 0.0428. The first-order chi connectivity index (χ1) is 14.9. The summed E-state index contributed by atoms with van der Waals surface area (Å²) in [5, 5.41) is 25.9. The highest BCUT2D eigenvalue weighted by Crippen LogP contribution is 2.40. The van der Waals surface area contributed by atoms with E-state index < -0.39 is 22.3 Å². The van der Waals surface area contributed by atoms with Gasteiger partial charge in [0.25, 0.3) is 0 Å². The van der Waals surface area contributed by atoms with E-state index in [1.165, 1.54) is 6.33 Å². The van der Waals surface area contributed by atoms with Crippen LogP contribution in [0.5, 0.6) is 0 Å². The Hall–Kier alpha value is -2.65. The zero-order valence-electron chi connectivity index (χ0n) is 18.4. The van der Waals surface area contributed by atoms with Crippen molar-refractivity contribution in [3.05, 3.63) is 31.0 Å². The normalized spacial score (nSPS) is 26.0. The molecule has 0 bridgehead atoms. The number of carbonyl (C=O) groups is 1. The molecule has 1 aliphatic rings. The fourth-order valence-electron chi connectivity index (χ4n) is 3.95. The quantitative estimate of drug-likeness (QED) is 0.455. The van der Waals surface area contributed by atoms with Crippen molar-refractivity contribution in [3.63, 3.8) is 0 Å². The van der Waals surface area contributed by atoms with Gasteiger partial charge in [-0.1, -0.05) is 0 Å². The van der Waals surface area contributed by atoms with Crippen LogP contribution in [-0.2, 0) is 22.8 Å². The maximum absolute atomic E-state index is 12.1. The van der Waals surface area contributed by atoms with Gasteiger partial charge in [0.15, 0.2) is 6.73 Å². The SMILES string of the molecule is [B]C1(O)CCC([B])(O)C1Cn1cc(-c2ncnc3c2ccn3COC(=O)C(C)(C)C)cn1. The van der Waals surface area contributed by atoms with E-state index in [1.54, 1.807) is 48.6 Å². The number of nitrogens with zero attached hydrogens (tertiary/aromatic N) is 5. The van der Waals surface area contributed by atoms with Crippen LogP contribution in [0.4, 0.5) is 0 Å². The lowest BCUT2D eigenvalue weighted by molar-refractivity contribution is -0.156. The van der Waals surface area contributed by atoms with E-state index >= 15 is 0 Å². The molecule has 3 aromatic rings. The lowest BCUT2D eigenvalue weighted by Crippen LogP contribution is -2.47. The number of fused-ring (bicyclic) bond motifs is 1. The summed E-state index contributed by atoms with van der Waals surface area (Å²) in [6, 6.07) is 1.85. The molecule has 0 amide bonds. The number of hydrogen-bond acceptors (Lipinski definition) is 7.